The maximum Gasteiger partial charge on any atom is 0.240 e. The summed E-state index contributed by atoms with van der Waals surface area (Å²) in [5, 5.41) is 3.89. The molecule has 3 aromatic rings. The summed E-state index contributed by atoms with van der Waals surface area (Å²) in [5.74, 6) is -0.382. The van der Waals surface area contributed by atoms with Crippen LogP contribution in [0.1, 0.15) is 18.4 Å². The summed E-state index contributed by atoms with van der Waals surface area (Å²) >= 11 is 6.17. The Morgan fingerprint density at radius 3 is 2.70 bits per heavy atom. The van der Waals surface area contributed by atoms with Crippen LogP contribution in [0.5, 0.6) is 0 Å². The fraction of sp³-hybridized carbons (Fsp3) is 0.318. The number of carbonyl (C=O) groups is 1. The number of hydrogen-bond acceptors (Lipinski definition) is 4. The maximum absolute atomic E-state index is 13.2. The number of amides is 1. The van der Waals surface area contributed by atoms with Gasteiger partial charge in [-0.15, -0.1) is 0 Å². The van der Waals surface area contributed by atoms with E-state index >= 15 is 0 Å². The quantitative estimate of drug-likeness (QED) is 0.602. The summed E-state index contributed by atoms with van der Waals surface area (Å²) in [7, 11) is -3.66. The number of para-hydroxylation sites is 1. The Labute approximate surface area is 180 Å². The number of carbonyl (C=O) groups excluding carboxylic acids is 1. The number of nitrogens with one attached hydrogen (secondary N) is 1. The third-order valence-electron chi connectivity index (χ3n) is 5.26. The van der Waals surface area contributed by atoms with Gasteiger partial charge in [-0.25, -0.2) is 8.42 Å². The maximum atomic E-state index is 13.2. The van der Waals surface area contributed by atoms with Gasteiger partial charge in [0.25, 0.3) is 0 Å². The van der Waals surface area contributed by atoms with Crippen LogP contribution in [-0.2, 0) is 31.7 Å². The van der Waals surface area contributed by atoms with Crippen molar-refractivity contribution >= 4 is 38.2 Å². The Kier molecular flexibility index (Phi) is 6.13. The molecule has 30 heavy (non-hydrogen) atoms. The van der Waals surface area contributed by atoms with E-state index < -0.39 is 9.84 Å². The van der Waals surface area contributed by atoms with Gasteiger partial charge in [0.15, 0.2) is 9.84 Å². The van der Waals surface area contributed by atoms with Crippen LogP contribution >= 0.6 is 11.6 Å². The van der Waals surface area contributed by atoms with Crippen molar-refractivity contribution in [1.29, 1.82) is 0 Å². The van der Waals surface area contributed by atoms with Gasteiger partial charge in [0.1, 0.15) is 6.54 Å². The van der Waals surface area contributed by atoms with Crippen molar-refractivity contribution in [3.8, 4) is 0 Å². The lowest BCUT2D eigenvalue weighted by atomic mass is 10.2. The lowest BCUT2D eigenvalue weighted by molar-refractivity contribution is -0.122. The molecule has 0 radical (unpaired) electrons. The second-order valence-electron chi connectivity index (χ2n) is 7.43. The number of nitrogens with zero attached hydrogens (tertiary/aromatic N) is 1. The predicted octanol–water partition coefficient (Wildman–Crippen LogP) is 3.56. The first-order chi connectivity index (χ1) is 14.4. The Morgan fingerprint density at radius 1 is 1.17 bits per heavy atom. The van der Waals surface area contributed by atoms with Crippen LogP contribution in [0.3, 0.4) is 0 Å². The van der Waals surface area contributed by atoms with Crippen molar-refractivity contribution in [3.05, 3.63) is 65.3 Å². The standard InChI is InChI=1S/C22H23ClN2O4S/c23-19-9-3-1-6-16(19)15-30(27,28)21-13-25(20-10-4-2-8-18(20)21)14-22(26)24-12-17-7-5-11-29-17/h1-4,6,8-10,13,17H,5,7,11-12,14-15H2,(H,24,26). The molecular weight excluding hydrogens is 424 g/mol. The molecule has 0 bridgehead atoms. The molecule has 6 nitrogen and oxygen atoms in total. The van der Waals surface area contributed by atoms with Gasteiger partial charge in [0.2, 0.25) is 5.91 Å². The molecule has 4 rings (SSSR count). The molecule has 1 aromatic heterocycles. The summed E-state index contributed by atoms with van der Waals surface area (Å²) in [6, 6.07) is 14.1. The second kappa shape index (κ2) is 8.79. The molecule has 158 valence electrons. The highest BCUT2D eigenvalue weighted by Gasteiger charge is 2.23. The number of sulfone groups is 1. The highest BCUT2D eigenvalue weighted by molar-refractivity contribution is 7.90. The van der Waals surface area contributed by atoms with E-state index in [0.29, 0.717) is 28.0 Å². The zero-order valence-corrected chi connectivity index (χ0v) is 18.0. The van der Waals surface area contributed by atoms with Gasteiger partial charge >= 0.3 is 0 Å². The number of halogens is 1. The molecule has 0 saturated carbocycles. The highest BCUT2D eigenvalue weighted by Crippen LogP contribution is 2.29. The molecular formula is C22H23ClN2O4S. The number of benzene rings is 2. The average Bonchev–Trinajstić information content (AvgIpc) is 3.37. The summed E-state index contributed by atoms with van der Waals surface area (Å²) < 4.78 is 33.6. The van der Waals surface area contributed by atoms with E-state index in [1.54, 1.807) is 47.2 Å². The van der Waals surface area contributed by atoms with Crippen LogP contribution in [-0.4, -0.2) is 38.1 Å². The smallest absolute Gasteiger partial charge is 0.240 e. The Bertz CT molecular complexity index is 1170. The molecule has 0 aliphatic carbocycles. The van der Waals surface area contributed by atoms with Crippen LogP contribution in [0.25, 0.3) is 10.9 Å². The number of aromatic nitrogens is 1. The van der Waals surface area contributed by atoms with Crippen LogP contribution in [0.2, 0.25) is 5.02 Å². The lowest BCUT2D eigenvalue weighted by Crippen LogP contribution is -2.34. The number of ether oxygens (including phenoxy) is 1. The number of hydrogen-bond donors (Lipinski definition) is 1. The molecule has 2 aromatic carbocycles. The highest BCUT2D eigenvalue weighted by atomic mass is 35.5. The molecule has 1 aliphatic rings. The van der Waals surface area contributed by atoms with Gasteiger partial charge in [0.05, 0.1) is 16.8 Å². The van der Waals surface area contributed by atoms with E-state index in [4.69, 9.17) is 16.3 Å². The predicted molar refractivity (Wildman–Crippen MR) is 116 cm³/mol. The van der Waals surface area contributed by atoms with Crippen molar-refractivity contribution in [2.24, 2.45) is 0 Å². The Hall–Kier alpha value is -2.35. The van der Waals surface area contributed by atoms with Crippen LogP contribution < -0.4 is 5.32 Å². The zero-order valence-electron chi connectivity index (χ0n) is 16.4. The third kappa shape index (κ3) is 4.53. The molecule has 8 heteroatoms. The number of rotatable bonds is 7. The van der Waals surface area contributed by atoms with Crippen LogP contribution in [0.15, 0.2) is 59.6 Å². The number of fused-ring (bicyclic) bond motifs is 1. The van der Waals surface area contributed by atoms with E-state index in [2.05, 4.69) is 5.32 Å². The SMILES string of the molecule is O=C(Cn1cc(S(=O)(=O)Cc2ccccc2Cl)c2ccccc21)NCC1CCCO1. The van der Waals surface area contributed by atoms with Gasteiger partial charge in [-0.05, 0) is 30.5 Å². The van der Waals surface area contributed by atoms with Crippen LogP contribution in [0, 0.1) is 0 Å². The summed E-state index contributed by atoms with van der Waals surface area (Å²) in [4.78, 5) is 12.7. The average molecular weight is 447 g/mol. The van der Waals surface area contributed by atoms with E-state index in [1.807, 2.05) is 12.1 Å². The first-order valence-corrected chi connectivity index (χ1v) is 11.9. The third-order valence-corrected chi connectivity index (χ3v) is 7.31. The van der Waals surface area contributed by atoms with Crippen molar-refractivity contribution in [2.45, 2.75) is 36.1 Å². The minimum absolute atomic E-state index is 0.0366. The van der Waals surface area contributed by atoms with E-state index in [0.717, 1.165) is 19.4 Å². The van der Waals surface area contributed by atoms with Crippen molar-refractivity contribution in [2.75, 3.05) is 13.2 Å². The molecule has 1 saturated heterocycles. The van der Waals surface area contributed by atoms with E-state index in [-0.39, 0.29) is 29.2 Å². The van der Waals surface area contributed by atoms with Crippen molar-refractivity contribution < 1.29 is 17.9 Å². The Balaban J connectivity index is 1.58. The summed E-state index contributed by atoms with van der Waals surface area (Å²) in [5.41, 5.74) is 1.24. The van der Waals surface area contributed by atoms with Gasteiger partial charge in [-0.2, -0.15) is 0 Å². The van der Waals surface area contributed by atoms with Gasteiger partial charge in [-0.1, -0.05) is 48.0 Å². The molecule has 1 N–H and O–H groups in total. The van der Waals surface area contributed by atoms with Crippen molar-refractivity contribution in [1.82, 2.24) is 9.88 Å². The Morgan fingerprint density at radius 2 is 1.93 bits per heavy atom. The molecule has 0 spiro atoms. The fourth-order valence-corrected chi connectivity index (χ4v) is 5.63. The summed E-state index contributed by atoms with van der Waals surface area (Å²) in [6.07, 6.45) is 3.55. The van der Waals surface area contributed by atoms with Gasteiger partial charge < -0.3 is 14.6 Å². The second-order valence-corrected chi connectivity index (χ2v) is 9.79. The van der Waals surface area contributed by atoms with E-state index in [1.165, 1.54) is 0 Å². The van der Waals surface area contributed by atoms with Crippen molar-refractivity contribution in [3.63, 3.8) is 0 Å². The molecule has 1 amide bonds. The molecule has 2 heterocycles. The van der Waals surface area contributed by atoms with Gasteiger partial charge in [-0.3, -0.25) is 4.79 Å². The zero-order chi connectivity index (χ0) is 21.1. The molecule has 1 aliphatic heterocycles. The first kappa shape index (κ1) is 20.9. The first-order valence-electron chi connectivity index (χ1n) is 9.86. The summed E-state index contributed by atoms with van der Waals surface area (Å²) in [6.45, 7) is 1.24. The monoisotopic (exact) mass is 446 g/mol. The molecule has 1 unspecified atom stereocenters. The normalized spacial score (nSPS) is 16.8. The molecule has 1 fully saturated rings. The largest absolute Gasteiger partial charge is 0.376 e. The minimum atomic E-state index is -3.66. The molecule has 1 atom stereocenters. The lowest BCUT2D eigenvalue weighted by Gasteiger charge is -2.11. The van der Waals surface area contributed by atoms with Crippen LogP contribution in [0.4, 0.5) is 0 Å². The van der Waals surface area contributed by atoms with E-state index in [9.17, 15) is 13.2 Å². The topological polar surface area (TPSA) is 77.4 Å². The van der Waals surface area contributed by atoms with Gasteiger partial charge in [0, 0.05) is 35.3 Å². The fourth-order valence-electron chi connectivity index (χ4n) is 3.73. The minimum Gasteiger partial charge on any atom is -0.376 e.